The standard InChI is InChI=1S/C11H13N5/c1-8(2)12-11-15-13-10(14-16-11)9-6-4-3-5-7-9/h3-8H,1-2H3,(H,12,15,16). The van der Waals surface area contributed by atoms with Crippen molar-refractivity contribution < 1.29 is 0 Å². The topological polar surface area (TPSA) is 63.6 Å². The molecule has 0 bridgehead atoms. The van der Waals surface area contributed by atoms with E-state index in [1.807, 2.05) is 44.2 Å². The summed E-state index contributed by atoms with van der Waals surface area (Å²) in [7, 11) is 0. The van der Waals surface area contributed by atoms with Crippen molar-refractivity contribution in [2.24, 2.45) is 0 Å². The Kier molecular flexibility index (Phi) is 3.05. The van der Waals surface area contributed by atoms with Gasteiger partial charge < -0.3 is 5.32 Å². The number of hydrogen-bond acceptors (Lipinski definition) is 5. The highest BCUT2D eigenvalue weighted by molar-refractivity contribution is 5.53. The summed E-state index contributed by atoms with van der Waals surface area (Å²) in [6.07, 6.45) is 0. The van der Waals surface area contributed by atoms with Gasteiger partial charge in [0.25, 0.3) is 5.95 Å². The lowest BCUT2D eigenvalue weighted by Crippen LogP contribution is -2.14. The molecule has 5 heteroatoms. The van der Waals surface area contributed by atoms with E-state index >= 15 is 0 Å². The Morgan fingerprint density at radius 3 is 2.12 bits per heavy atom. The number of aromatic nitrogens is 4. The van der Waals surface area contributed by atoms with Crippen LogP contribution in [0.25, 0.3) is 11.4 Å². The SMILES string of the molecule is CC(C)Nc1nnc(-c2ccccc2)nn1. The Labute approximate surface area is 93.9 Å². The number of anilines is 1. The minimum absolute atomic E-state index is 0.270. The molecule has 0 saturated heterocycles. The Bertz CT molecular complexity index is 438. The van der Waals surface area contributed by atoms with Gasteiger partial charge in [-0.25, -0.2) is 0 Å². The predicted octanol–water partition coefficient (Wildman–Crippen LogP) is 1.75. The fourth-order valence-corrected chi connectivity index (χ4v) is 1.25. The van der Waals surface area contributed by atoms with Crippen LogP contribution in [0.1, 0.15) is 13.8 Å². The molecule has 0 atom stereocenters. The molecule has 82 valence electrons. The summed E-state index contributed by atoms with van der Waals surface area (Å²) in [6.45, 7) is 4.02. The summed E-state index contributed by atoms with van der Waals surface area (Å²) < 4.78 is 0. The Morgan fingerprint density at radius 1 is 0.938 bits per heavy atom. The summed E-state index contributed by atoms with van der Waals surface area (Å²) in [6, 6.07) is 9.92. The molecule has 0 spiro atoms. The Balaban J connectivity index is 2.20. The first kappa shape index (κ1) is 10.5. The number of hydrogen-bond donors (Lipinski definition) is 1. The van der Waals surface area contributed by atoms with E-state index in [-0.39, 0.29) is 6.04 Å². The van der Waals surface area contributed by atoms with Crippen molar-refractivity contribution in [2.75, 3.05) is 5.32 Å². The quantitative estimate of drug-likeness (QED) is 0.845. The van der Waals surface area contributed by atoms with Crippen molar-refractivity contribution in [2.45, 2.75) is 19.9 Å². The highest BCUT2D eigenvalue weighted by Crippen LogP contribution is 2.11. The second-order valence-electron chi connectivity index (χ2n) is 3.71. The zero-order valence-corrected chi connectivity index (χ0v) is 9.25. The number of benzene rings is 1. The van der Waals surface area contributed by atoms with Gasteiger partial charge in [0, 0.05) is 11.6 Å². The molecule has 0 saturated carbocycles. The third-order valence-corrected chi connectivity index (χ3v) is 1.93. The molecule has 0 unspecified atom stereocenters. The van der Waals surface area contributed by atoms with Gasteiger partial charge in [-0.05, 0) is 13.8 Å². The molecule has 1 aromatic heterocycles. The zero-order chi connectivity index (χ0) is 11.4. The molecule has 0 aliphatic heterocycles. The van der Waals surface area contributed by atoms with Crippen LogP contribution in [0, 0.1) is 0 Å². The zero-order valence-electron chi connectivity index (χ0n) is 9.25. The van der Waals surface area contributed by atoms with E-state index in [2.05, 4.69) is 25.7 Å². The summed E-state index contributed by atoms with van der Waals surface area (Å²) in [5, 5.41) is 19.0. The van der Waals surface area contributed by atoms with Crippen LogP contribution >= 0.6 is 0 Å². The van der Waals surface area contributed by atoms with E-state index in [9.17, 15) is 0 Å². The third-order valence-electron chi connectivity index (χ3n) is 1.93. The second kappa shape index (κ2) is 4.65. The maximum atomic E-state index is 4.02. The van der Waals surface area contributed by atoms with Crippen LogP contribution in [0.3, 0.4) is 0 Å². The van der Waals surface area contributed by atoms with Gasteiger partial charge in [-0.3, -0.25) is 0 Å². The van der Waals surface area contributed by atoms with Crippen LogP contribution in [0.5, 0.6) is 0 Å². The van der Waals surface area contributed by atoms with E-state index in [1.54, 1.807) is 0 Å². The van der Waals surface area contributed by atoms with Crippen LogP contribution in [-0.4, -0.2) is 26.4 Å². The molecule has 1 heterocycles. The first-order chi connectivity index (χ1) is 7.75. The van der Waals surface area contributed by atoms with Crippen molar-refractivity contribution in [1.29, 1.82) is 0 Å². The van der Waals surface area contributed by atoms with Crippen LogP contribution < -0.4 is 5.32 Å². The first-order valence-corrected chi connectivity index (χ1v) is 5.15. The van der Waals surface area contributed by atoms with Gasteiger partial charge >= 0.3 is 0 Å². The highest BCUT2D eigenvalue weighted by atomic mass is 15.3. The molecule has 1 aromatic carbocycles. The molecule has 1 N–H and O–H groups in total. The van der Waals surface area contributed by atoms with Crippen LogP contribution in [-0.2, 0) is 0 Å². The van der Waals surface area contributed by atoms with Gasteiger partial charge in [0.2, 0.25) is 5.82 Å². The molecule has 5 nitrogen and oxygen atoms in total. The van der Waals surface area contributed by atoms with E-state index in [4.69, 9.17) is 0 Å². The van der Waals surface area contributed by atoms with Gasteiger partial charge in [-0.15, -0.1) is 20.4 Å². The van der Waals surface area contributed by atoms with Gasteiger partial charge in [-0.1, -0.05) is 30.3 Å². The fraction of sp³-hybridized carbons (Fsp3) is 0.273. The summed E-state index contributed by atoms with van der Waals surface area (Å²) in [5.74, 6) is 0.990. The monoisotopic (exact) mass is 215 g/mol. The molecule has 0 fully saturated rings. The molecule has 0 radical (unpaired) electrons. The largest absolute Gasteiger partial charge is 0.349 e. The number of nitrogens with zero attached hydrogens (tertiary/aromatic N) is 4. The molecule has 0 aliphatic rings. The van der Waals surface area contributed by atoms with Gasteiger partial charge in [-0.2, -0.15) is 0 Å². The van der Waals surface area contributed by atoms with E-state index in [1.165, 1.54) is 0 Å². The average molecular weight is 215 g/mol. The first-order valence-electron chi connectivity index (χ1n) is 5.15. The Hall–Kier alpha value is -2.04. The minimum Gasteiger partial charge on any atom is -0.349 e. The summed E-state index contributed by atoms with van der Waals surface area (Å²) >= 11 is 0. The molecule has 0 amide bonds. The van der Waals surface area contributed by atoms with Crippen molar-refractivity contribution in [3.8, 4) is 11.4 Å². The van der Waals surface area contributed by atoms with Gasteiger partial charge in [0.15, 0.2) is 0 Å². The fourth-order valence-electron chi connectivity index (χ4n) is 1.25. The molecule has 16 heavy (non-hydrogen) atoms. The van der Waals surface area contributed by atoms with E-state index in [0.29, 0.717) is 11.8 Å². The van der Waals surface area contributed by atoms with E-state index in [0.717, 1.165) is 5.56 Å². The van der Waals surface area contributed by atoms with E-state index < -0.39 is 0 Å². The molecular formula is C11H13N5. The van der Waals surface area contributed by atoms with Crippen molar-refractivity contribution in [3.05, 3.63) is 30.3 Å². The minimum atomic E-state index is 0.270. The third kappa shape index (κ3) is 2.50. The molecule has 2 aromatic rings. The van der Waals surface area contributed by atoms with Crippen molar-refractivity contribution >= 4 is 5.95 Å². The van der Waals surface area contributed by atoms with Crippen LogP contribution in [0.2, 0.25) is 0 Å². The van der Waals surface area contributed by atoms with Gasteiger partial charge in [0.1, 0.15) is 0 Å². The lowest BCUT2D eigenvalue weighted by Gasteiger charge is -2.05. The van der Waals surface area contributed by atoms with Crippen molar-refractivity contribution in [3.63, 3.8) is 0 Å². The summed E-state index contributed by atoms with van der Waals surface area (Å²) in [5.41, 5.74) is 0.915. The smallest absolute Gasteiger partial charge is 0.262 e. The van der Waals surface area contributed by atoms with Crippen molar-refractivity contribution in [1.82, 2.24) is 20.4 Å². The Morgan fingerprint density at radius 2 is 1.56 bits per heavy atom. The summed E-state index contributed by atoms with van der Waals surface area (Å²) in [4.78, 5) is 0. The lowest BCUT2D eigenvalue weighted by atomic mass is 10.2. The maximum Gasteiger partial charge on any atom is 0.262 e. The van der Waals surface area contributed by atoms with Crippen LogP contribution in [0.4, 0.5) is 5.95 Å². The van der Waals surface area contributed by atoms with Crippen LogP contribution in [0.15, 0.2) is 30.3 Å². The molecular weight excluding hydrogens is 202 g/mol. The normalized spacial score (nSPS) is 10.4. The lowest BCUT2D eigenvalue weighted by molar-refractivity contribution is 0.812. The highest BCUT2D eigenvalue weighted by Gasteiger charge is 2.03. The van der Waals surface area contributed by atoms with Gasteiger partial charge in [0.05, 0.1) is 0 Å². The second-order valence-corrected chi connectivity index (χ2v) is 3.71. The predicted molar refractivity (Wildman–Crippen MR) is 61.8 cm³/mol. The molecule has 0 aliphatic carbocycles. The number of rotatable bonds is 3. The molecule has 2 rings (SSSR count). The average Bonchev–Trinajstić information content (AvgIpc) is 2.30. The number of nitrogens with one attached hydrogen (secondary N) is 1. The maximum absolute atomic E-state index is 4.02.